The van der Waals surface area contributed by atoms with Crippen LogP contribution in [0.1, 0.15) is 33.7 Å². The second kappa shape index (κ2) is 9.92. The summed E-state index contributed by atoms with van der Waals surface area (Å²) in [6.07, 6.45) is 0. The highest BCUT2D eigenvalue weighted by Crippen LogP contribution is 2.25. The van der Waals surface area contributed by atoms with Crippen molar-refractivity contribution in [1.29, 1.82) is 0 Å². The maximum atomic E-state index is 12.5. The van der Waals surface area contributed by atoms with Crippen LogP contribution >= 0.6 is 23.1 Å². The van der Waals surface area contributed by atoms with Crippen molar-refractivity contribution in [2.45, 2.75) is 37.7 Å². The lowest BCUT2D eigenvalue weighted by Gasteiger charge is -2.10. The van der Waals surface area contributed by atoms with E-state index in [2.05, 4.69) is 25.8 Å². The average Bonchev–Trinajstić information content (AvgIpc) is 3.26. The van der Waals surface area contributed by atoms with Crippen LogP contribution in [0.2, 0.25) is 0 Å². The van der Waals surface area contributed by atoms with Gasteiger partial charge < -0.3 is 19.9 Å². The molecule has 31 heavy (non-hydrogen) atoms. The molecule has 0 saturated carbocycles. The highest BCUT2D eigenvalue weighted by atomic mass is 32.2. The van der Waals surface area contributed by atoms with Crippen molar-refractivity contribution < 1.29 is 14.3 Å². The standard InChI is InChI=1S/C20H24N6O3S2/c1-11-12(2)30-19(22-11)23-17(27)13(3)31-20-25-24-16(26(20)4)10-21-18(28)14-6-8-15(29-5)9-7-14/h6-9,13H,10H2,1-5H3,(H,21,28)(H,22,23,27)/t13-/m0/s1. The van der Waals surface area contributed by atoms with Crippen LogP contribution in [0.4, 0.5) is 5.13 Å². The Morgan fingerprint density at radius 3 is 2.55 bits per heavy atom. The van der Waals surface area contributed by atoms with E-state index < -0.39 is 5.25 Å². The van der Waals surface area contributed by atoms with Gasteiger partial charge in [0.15, 0.2) is 16.1 Å². The van der Waals surface area contributed by atoms with Crippen molar-refractivity contribution >= 4 is 40.0 Å². The van der Waals surface area contributed by atoms with Crippen LogP contribution < -0.4 is 15.4 Å². The van der Waals surface area contributed by atoms with E-state index in [4.69, 9.17) is 4.74 Å². The molecule has 164 valence electrons. The Bertz CT molecular complexity index is 1060. The molecule has 3 rings (SSSR count). The number of thiazole rings is 1. The third-order valence-corrected chi connectivity index (χ3v) is 6.72. The van der Waals surface area contributed by atoms with Crippen molar-refractivity contribution in [2.24, 2.45) is 7.05 Å². The Morgan fingerprint density at radius 1 is 1.23 bits per heavy atom. The van der Waals surface area contributed by atoms with Crippen molar-refractivity contribution in [3.63, 3.8) is 0 Å². The third kappa shape index (κ3) is 5.61. The lowest BCUT2D eigenvalue weighted by molar-refractivity contribution is -0.115. The maximum Gasteiger partial charge on any atom is 0.251 e. The number of methoxy groups -OCH3 is 1. The summed E-state index contributed by atoms with van der Waals surface area (Å²) in [5, 5.41) is 14.7. The topological polar surface area (TPSA) is 111 Å². The molecular weight excluding hydrogens is 436 g/mol. The maximum absolute atomic E-state index is 12.5. The number of nitrogens with zero attached hydrogens (tertiary/aromatic N) is 4. The van der Waals surface area contributed by atoms with E-state index in [-0.39, 0.29) is 18.4 Å². The van der Waals surface area contributed by atoms with Crippen LogP contribution in [0.3, 0.4) is 0 Å². The fourth-order valence-electron chi connectivity index (χ4n) is 2.55. The number of nitrogens with one attached hydrogen (secondary N) is 2. The number of carbonyl (C=O) groups is 2. The summed E-state index contributed by atoms with van der Waals surface area (Å²) >= 11 is 2.74. The van der Waals surface area contributed by atoms with Crippen LogP contribution in [-0.2, 0) is 18.4 Å². The molecule has 0 fully saturated rings. The second-order valence-corrected chi connectivity index (χ2v) is 9.29. The molecule has 2 N–H and O–H groups in total. The number of benzene rings is 1. The number of anilines is 1. The van der Waals surface area contributed by atoms with Gasteiger partial charge in [0.05, 0.1) is 24.6 Å². The van der Waals surface area contributed by atoms with Crippen molar-refractivity contribution in [3.8, 4) is 5.75 Å². The van der Waals surface area contributed by atoms with E-state index in [0.717, 1.165) is 10.6 Å². The van der Waals surface area contributed by atoms with Crippen molar-refractivity contribution in [2.75, 3.05) is 12.4 Å². The number of hydrogen-bond donors (Lipinski definition) is 2. The normalized spacial score (nSPS) is 11.8. The van der Waals surface area contributed by atoms with Gasteiger partial charge in [-0.3, -0.25) is 9.59 Å². The minimum atomic E-state index is -0.394. The highest BCUT2D eigenvalue weighted by Gasteiger charge is 2.20. The fourth-order valence-corrected chi connectivity index (χ4v) is 4.20. The zero-order chi connectivity index (χ0) is 22.5. The predicted molar refractivity (Wildman–Crippen MR) is 121 cm³/mol. The molecule has 1 aromatic carbocycles. The SMILES string of the molecule is COc1ccc(C(=O)NCc2nnc(S[C@@H](C)C(=O)Nc3nc(C)c(C)s3)n2C)cc1. The number of aromatic nitrogens is 4. The van der Waals surface area contributed by atoms with E-state index >= 15 is 0 Å². The second-order valence-electron chi connectivity index (χ2n) is 6.78. The summed E-state index contributed by atoms with van der Waals surface area (Å²) in [6, 6.07) is 6.84. The molecule has 0 aliphatic heterocycles. The minimum absolute atomic E-state index is 0.156. The van der Waals surface area contributed by atoms with Gasteiger partial charge in [-0.15, -0.1) is 21.5 Å². The zero-order valence-corrected chi connectivity index (χ0v) is 19.6. The summed E-state index contributed by atoms with van der Waals surface area (Å²) in [6.45, 7) is 5.89. The Morgan fingerprint density at radius 2 is 1.94 bits per heavy atom. The third-order valence-electron chi connectivity index (χ3n) is 4.59. The predicted octanol–water partition coefficient (Wildman–Crippen LogP) is 2.95. The lowest BCUT2D eigenvalue weighted by Crippen LogP contribution is -2.24. The van der Waals surface area contributed by atoms with Gasteiger partial charge in [0.2, 0.25) is 5.91 Å². The van der Waals surface area contributed by atoms with Gasteiger partial charge in [-0.25, -0.2) is 4.98 Å². The van der Waals surface area contributed by atoms with Gasteiger partial charge in [-0.1, -0.05) is 11.8 Å². The molecule has 11 heteroatoms. The number of thioether (sulfide) groups is 1. The van der Waals surface area contributed by atoms with Gasteiger partial charge >= 0.3 is 0 Å². The largest absolute Gasteiger partial charge is 0.497 e. The van der Waals surface area contributed by atoms with E-state index in [0.29, 0.717) is 27.4 Å². The average molecular weight is 461 g/mol. The van der Waals surface area contributed by atoms with E-state index in [1.165, 1.54) is 23.1 Å². The molecule has 0 aliphatic carbocycles. The number of carbonyl (C=O) groups excluding carboxylic acids is 2. The van der Waals surface area contributed by atoms with E-state index in [1.807, 2.05) is 13.8 Å². The first-order valence-electron chi connectivity index (χ1n) is 9.50. The van der Waals surface area contributed by atoms with Crippen LogP contribution in [0, 0.1) is 13.8 Å². The Balaban J connectivity index is 1.56. The van der Waals surface area contributed by atoms with Gasteiger partial charge in [-0.05, 0) is 45.0 Å². The van der Waals surface area contributed by atoms with Gasteiger partial charge in [0.1, 0.15) is 5.75 Å². The molecule has 1 atom stereocenters. The molecule has 2 heterocycles. The number of aryl methyl sites for hydroxylation is 2. The summed E-state index contributed by atoms with van der Waals surface area (Å²) in [7, 11) is 3.37. The molecular formula is C20H24N6O3S2. The minimum Gasteiger partial charge on any atom is -0.497 e. The number of ether oxygens (including phenoxy) is 1. The van der Waals surface area contributed by atoms with Crippen LogP contribution in [-0.4, -0.2) is 43.9 Å². The summed E-state index contributed by atoms with van der Waals surface area (Å²) < 4.78 is 6.86. The first-order valence-corrected chi connectivity index (χ1v) is 11.2. The van der Waals surface area contributed by atoms with Crippen LogP contribution in [0.5, 0.6) is 5.75 Å². The molecule has 0 spiro atoms. The number of hydrogen-bond acceptors (Lipinski definition) is 8. The van der Waals surface area contributed by atoms with Gasteiger partial charge in [0.25, 0.3) is 5.91 Å². The zero-order valence-electron chi connectivity index (χ0n) is 17.9. The van der Waals surface area contributed by atoms with Gasteiger partial charge in [0, 0.05) is 17.5 Å². The Kier molecular flexibility index (Phi) is 7.29. The molecule has 0 radical (unpaired) electrons. The molecule has 0 unspecified atom stereocenters. The van der Waals surface area contributed by atoms with Crippen LogP contribution in [0.25, 0.3) is 0 Å². The molecule has 9 nitrogen and oxygen atoms in total. The molecule has 0 saturated heterocycles. The summed E-state index contributed by atoms with van der Waals surface area (Å²) in [5.74, 6) is 0.894. The smallest absolute Gasteiger partial charge is 0.251 e. The fraction of sp³-hybridized carbons (Fsp3) is 0.350. The molecule has 3 aromatic rings. The van der Waals surface area contributed by atoms with Gasteiger partial charge in [-0.2, -0.15) is 0 Å². The highest BCUT2D eigenvalue weighted by molar-refractivity contribution is 8.00. The Hall–Kier alpha value is -2.92. The quantitative estimate of drug-likeness (QED) is 0.497. The lowest BCUT2D eigenvalue weighted by atomic mass is 10.2. The monoisotopic (exact) mass is 460 g/mol. The van der Waals surface area contributed by atoms with E-state index in [1.54, 1.807) is 49.9 Å². The number of rotatable bonds is 8. The van der Waals surface area contributed by atoms with Crippen molar-refractivity contribution in [3.05, 3.63) is 46.2 Å². The first-order chi connectivity index (χ1) is 14.8. The first kappa shape index (κ1) is 22.8. The van der Waals surface area contributed by atoms with Crippen LogP contribution in [0.15, 0.2) is 29.4 Å². The summed E-state index contributed by atoms with van der Waals surface area (Å²) in [4.78, 5) is 30.2. The summed E-state index contributed by atoms with van der Waals surface area (Å²) in [5.41, 5.74) is 1.44. The molecule has 0 aliphatic rings. The Labute approximate surface area is 188 Å². The molecule has 0 bridgehead atoms. The van der Waals surface area contributed by atoms with Crippen molar-refractivity contribution in [1.82, 2.24) is 25.1 Å². The number of amides is 2. The van der Waals surface area contributed by atoms with E-state index in [9.17, 15) is 9.59 Å². The molecule has 2 amide bonds. The molecule has 2 aromatic heterocycles.